The van der Waals surface area contributed by atoms with Gasteiger partial charge in [-0.05, 0) is 73.3 Å². The van der Waals surface area contributed by atoms with Gasteiger partial charge in [0.25, 0.3) is 0 Å². The Hall–Kier alpha value is -0.820. The van der Waals surface area contributed by atoms with E-state index in [-0.39, 0.29) is 0 Å². The fourth-order valence-corrected chi connectivity index (χ4v) is 5.38. The molecule has 0 saturated heterocycles. The summed E-state index contributed by atoms with van der Waals surface area (Å²) >= 11 is 0. The van der Waals surface area contributed by atoms with Gasteiger partial charge in [-0.1, -0.05) is 31.2 Å². The first-order valence-corrected chi connectivity index (χ1v) is 8.02. The van der Waals surface area contributed by atoms with Gasteiger partial charge in [0.2, 0.25) is 0 Å². The SMILES string of the molecule is CCc1ccc(C2(O)C3CC4CC(C3)CC2C4)cc1. The standard InChI is InChI=1S/C18H24O/c1-2-12-3-5-15(6-4-12)18(19)16-8-13-7-14(10-16)11-17(18)9-13/h3-6,13-14,16-17,19H,2,7-11H2,1H3. The van der Waals surface area contributed by atoms with Gasteiger partial charge in [-0.3, -0.25) is 0 Å². The van der Waals surface area contributed by atoms with E-state index in [9.17, 15) is 5.11 Å². The van der Waals surface area contributed by atoms with Gasteiger partial charge in [0, 0.05) is 0 Å². The second-order valence-electron chi connectivity index (χ2n) is 7.18. The smallest absolute Gasteiger partial charge is 0.0952 e. The van der Waals surface area contributed by atoms with E-state index in [1.165, 1.54) is 43.2 Å². The summed E-state index contributed by atoms with van der Waals surface area (Å²) in [5.41, 5.74) is 2.05. The molecule has 1 N–H and O–H groups in total. The van der Waals surface area contributed by atoms with Crippen LogP contribution in [0, 0.1) is 23.7 Å². The molecule has 1 nitrogen and oxygen atoms in total. The van der Waals surface area contributed by atoms with Crippen LogP contribution in [0.4, 0.5) is 0 Å². The Morgan fingerprint density at radius 2 is 1.47 bits per heavy atom. The van der Waals surface area contributed by atoms with Crippen molar-refractivity contribution in [2.75, 3.05) is 0 Å². The van der Waals surface area contributed by atoms with Gasteiger partial charge in [0.15, 0.2) is 0 Å². The summed E-state index contributed by atoms with van der Waals surface area (Å²) in [6.07, 6.45) is 7.57. The molecule has 19 heavy (non-hydrogen) atoms. The second-order valence-corrected chi connectivity index (χ2v) is 7.18. The van der Waals surface area contributed by atoms with Crippen molar-refractivity contribution in [1.29, 1.82) is 0 Å². The van der Waals surface area contributed by atoms with Crippen LogP contribution < -0.4 is 0 Å². The molecule has 4 saturated carbocycles. The van der Waals surface area contributed by atoms with E-state index in [4.69, 9.17) is 0 Å². The molecule has 5 rings (SSSR count). The molecule has 0 unspecified atom stereocenters. The number of hydrogen-bond acceptors (Lipinski definition) is 1. The quantitative estimate of drug-likeness (QED) is 0.851. The summed E-state index contributed by atoms with van der Waals surface area (Å²) in [5.74, 6) is 2.88. The zero-order valence-corrected chi connectivity index (χ0v) is 11.8. The molecule has 102 valence electrons. The van der Waals surface area contributed by atoms with Crippen LogP contribution in [-0.2, 0) is 12.0 Å². The molecule has 4 aliphatic carbocycles. The van der Waals surface area contributed by atoms with Crippen molar-refractivity contribution in [3.63, 3.8) is 0 Å². The molecule has 4 bridgehead atoms. The lowest BCUT2D eigenvalue weighted by molar-refractivity contribution is -0.179. The summed E-state index contributed by atoms with van der Waals surface area (Å²) in [6.45, 7) is 2.19. The number of benzene rings is 1. The molecular formula is C18H24O. The normalized spacial score (nSPS) is 43.7. The van der Waals surface area contributed by atoms with Crippen molar-refractivity contribution < 1.29 is 5.11 Å². The van der Waals surface area contributed by atoms with Gasteiger partial charge >= 0.3 is 0 Å². The zero-order valence-electron chi connectivity index (χ0n) is 11.8. The zero-order chi connectivity index (χ0) is 13.0. The molecule has 0 radical (unpaired) electrons. The van der Waals surface area contributed by atoms with E-state index >= 15 is 0 Å². The Morgan fingerprint density at radius 1 is 0.947 bits per heavy atom. The predicted molar refractivity (Wildman–Crippen MR) is 76.8 cm³/mol. The highest BCUT2D eigenvalue weighted by atomic mass is 16.3. The van der Waals surface area contributed by atoms with Crippen LogP contribution in [0.15, 0.2) is 24.3 Å². The second kappa shape index (κ2) is 4.09. The van der Waals surface area contributed by atoms with Gasteiger partial charge in [-0.2, -0.15) is 0 Å². The van der Waals surface area contributed by atoms with Crippen LogP contribution in [0.25, 0.3) is 0 Å². The monoisotopic (exact) mass is 256 g/mol. The van der Waals surface area contributed by atoms with Crippen LogP contribution >= 0.6 is 0 Å². The molecule has 1 heteroatoms. The number of rotatable bonds is 2. The molecule has 4 aliphatic rings. The third-order valence-electron chi connectivity index (χ3n) is 6.21. The van der Waals surface area contributed by atoms with Crippen LogP contribution in [0.1, 0.15) is 50.2 Å². The first kappa shape index (κ1) is 12.0. The average molecular weight is 256 g/mol. The van der Waals surface area contributed by atoms with E-state index in [1.54, 1.807) is 0 Å². The largest absolute Gasteiger partial charge is 0.385 e. The first-order valence-electron chi connectivity index (χ1n) is 8.02. The minimum Gasteiger partial charge on any atom is -0.385 e. The molecular weight excluding hydrogens is 232 g/mol. The minimum absolute atomic E-state index is 0.514. The van der Waals surface area contributed by atoms with Crippen LogP contribution in [0.3, 0.4) is 0 Å². The van der Waals surface area contributed by atoms with Crippen molar-refractivity contribution in [3.05, 3.63) is 35.4 Å². The van der Waals surface area contributed by atoms with Crippen LogP contribution in [0.5, 0.6) is 0 Å². The maximum Gasteiger partial charge on any atom is 0.0952 e. The number of aliphatic hydroxyl groups is 1. The summed E-state index contributed by atoms with van der Waals surface area (Å²) in [6, 6.07) is 8.80. The van der Waals surface area contributed by atoms with Gasteiger partial charge in [0.05, 0.1) is 5.60 Å². The molecule has 0 atom stereocenters. The van der Waals surface area contributed by atoms with E-state index in [1.807, 2.05) is 0 Å². The fraction of sp³-hybridized carbons (Fsp3) is 0.667. The molecule has 0 spiro atoms. The van der Waals surface area contributed by atoms with Crippen molar-refractivity contribution in [2.24, 2.45) is 23.7 Å². The van der Waals surface area contributed by atoms with E-state index < -0.39 is 5.60 Å². The van der Waals surface area contributed by atoms with Crippen molar-refractivity contribution in [2.45, 2.75) is 51.0 Å². The molecule has 1 aromatic carbocycles. The van der Waals surface area contributed by atoms with Crippen molar-refractivity contribution in [1.82, 2.24) is 0 Å². The Morgan fingerprint density at radius 3 is 1.95 bits per heavy atom. The predicted octanol–water partition coefficient (Wildman–Crippen LogP) is 3.89. The van der Waals surface area contributed by atoms with Gasteiger partial charge < -0.3 is 5.11 Å². The Kier molecular flexibility index (Phi) is 2.57. The molecule has 0 aliphatic heterocycles. The summed E-state index contributed by atoms with van der Waals surface area (Å²) in [4.78, 5) is 0. The third-order valence-corrected chi connectivity index (χ3v) is 6.21. The maximum absolute atomic E-state index is 11.4. The number of hydrogen-bond donors (Lipinski definition) is 1. The van der Waals surface area contributed by atoms with Crippen molar-refractivity contribution in [3.8, 4) is 0 Å². The fourth-order valence-electron chi connectivity index (χ4n) is 5.38. The third kappa shape index (κ3) is 1.64. The summed E-state index contributed by atoms with van der Waals surface area (Å²) in [7, 11) is 0. The van der Waals surface area contributed by atoms with Gasteiger partial charge in [-0.15, -0.1) is 0 Å². The Bertz CT molecular complexity index is 445. The summed E-state index contributed by atoms with van der Waals surface area (Å²) in [5, 5.41) is 11.4. The van der Waals surface area contributed by atoms with Crippen LogP contribution in [-0.4, -0.2) is 5.11 Å². The van der Waals surface area contributed by atoms with Crippen molar-refractivity contribution >= 4 is 0 Å². The molecule has 0 aromatic heterocycles. The lowest BCUT2D eigenvalue weighted by Crippen LogP contribution is -2.55. The Balaban J connectivity index is 1.72. The van der Waals surface area contributed by atoms with Gasteiger partial charge in [0.1, 0.15) is 0 Å². The molecule has 4 fully saturated rings. The molecule has 0 heterocycles. The maximum atomic E-state index is 11.4. The topological polar surface area (TPSA) is 20.2 Å². The number of aryl methyl sites for hydroxylation is 1. The first-order chi connectivity index (χ1) is 9.20. The highest BCUT2D eigenvalue weighted by Crippen LogP contribution is 2.61. The lowest BCUT2D eigenvalue weighted by atomic mass is 9.48. The van der Waals surface area contributed by atoms with Crippen LogP contribution in [0.2, 0.25) is 0 Å². The molecule has 0 amide bonds. The highest BCUT2D eigenvalue weighted by Gasteiger charge is 2.57. The van der Waals surface area contributed by atoms with E-state index in [0.717, 1.165) is 18.3 Å². The van der Waals surface area contributed by atoms with Gasteiger partial charge in [-0.25, -0.2) is 0 Å². The summed E-state index contributed by atoms with van der Waals surface area (Å²) < 4.78 is 0. The van der Waals surface area contributed by atoms with E-state index in [2.05, 4.69) is 31.2 Å². The average Bonchev–Trinajstić information content (AvgIpc) is 2.44. The van der Waals surface area contributed by atoms with E-state index in [0.29, 0.717) is 11.8 Å². The lowest BCUT2D eigenvalue weighted by Gasteiger charge is -2.59. The minimum atomic E-state index is -0.514. The highest BCUT2D eigenvalue weighted by molar-refractivity contribution is 5.30. The molecule has 1 aromatic rings. The Labute approximate surface area is 116 Å².